The molecule has 1 fully saturated rings. The Hall–Kier alpha value is -1.55. The summed E-state index contributed by atoms with van der Waals surface area (Å²) < 4.78 is 5.66. The standard InChI is InChI=1S/C17H26N2O2/c1-2-11-21-16-10-6-5-9-15(16)19-17(20)12-13-7-3-4-8-14(13)18/h5-6,9-10,13-14H,2-4,7-8,11-12,18H2,1H3,(H,19,20). The molecule has 0 radical (unpaired) electrons. The van der Waals surface area contributed by atoms with Gasteiger partial charge in [-0.3, -0.25) is 4.79 Å². The second kappa shape index (κ2) is 8.03. The van der Waals surface area contributed by atoms with Gasteiger partial charge in [0.05, 0.1) is 12.3 Å². The van der Waals surface area contributed by atoms with Crippen molar-refractivity contribution in [2.45, 2.75) is 51.5 Å². The number of benzene rings is 1. The van der Waals surface area contributed by atoms with E-state index in [1.807, 2.05) is 24.3 Å². The molecule has 2 atom stereocenters. The summed E-state index contributed by atoms with van der Waals surface area (Å²) >= 11 is 0. The van der Waals surface area contributed by atoms with Crippen LogP contribution in [0.5, 0.6) is 5.75 Å². The molecule has 0 aliphatic heterocycles. The first kappa shape index (κ1) is 15.8. The fourth-order valence-corrected chi connectivity index (χ4v) is 2.84. The summed E-state index contributed by atoms with van der Waals surface area (Å²) in [7, 11) is 0. The van der Waals surface area contributed by atoms with Crippen molar-refractivity contribution in [1.29, 1.82) is 0 Å². The third kappa shape index (κ3) is 4.74. The number of para-hydroxylation sites is 2. The van der Waals surface area contributed by atoms with Gasteiger partial charge >= 0.3 is 0 Å². The van der Waals surface area contributed by atoms with E-state index in [4.69, 9.17) is 10.5 Å². The van der Waals surface area contributed by atoms with Gasteiger partial charge in [0.1, 0.15) is 5.75 Å². The van der Waals surface area contributed by atoms with Crippen molar-refractivity contribution in [1.82, 2.24) is 0 Å². The second-order valence-electron chi connectivity index (χ2n) is 5.81. The number of amides is 1. The minimum Gasteiger partial charge on any atom is -0.491 e. The van der Waals surface area contributed by atoms with Crippen LogP contribution in [-0.4, -0.2) is 18.6 Å². The third-order valence-electron chi connectivity index (χ3n) is 4.04. The molecule has 2 rings (SSSR count). The van der Waals surface area contributed by atoms with Crippen molar-refractivity contribution in [2.75, 3.05) is 11.9 Å². The van der Waals surface area contributed by atoms with Gasteiger partial charge in [-0.2, -0.15) is 0 Å². The van der Waals surface area contributed by atoms with Crippen LogP contribution in [-0.2, 0) is 4.79 Å². The minimum absolute atomic E-state index is 0.0323. The van der Waals surface area contributed by atoms with Crippen molar-refractivity contribution in [3.8, 4) is 5.75 Å². The van der Waals surface area contributed by atoms with Crippen molar-refractivity contribution in [3.63, 3.8) is 0 Å². The van der Waals surface area contributed by atoms with Crippen molar-refractivity contribution in [3.05, 3.63) is 24.3 Å². The fraction of sp³-hybridized carbons (Fsp3) is 0.588. The fourth-order valence-electron chi connectivity index (χ4n) is 2.84. The number of ether oxygens (including phenoxy) is 1. The van der Waals surface area contributed by atoms with Crippen LogP contribution in [0.4, 0.5) is 5.69 Å². The first-order chi connectivity index (χ1) is 10.2. The van der Waals surface area contributed by atoms with Crippen LogP contribution in [0.3, 0.4) is 0 Å². The number of hydrogen-bond acceptors (Lipinski definition) is 3. The first-order valence-electron chi connectivity index (χ1n) is 7.98. The van der Waals surface area contributed by atoms with E-state index in [0.717, 1.165) is 30.7 Å². The smallest absolute Gasteiger partial charge is 0.224 e. The SMILES string of the molecule is CCCOc1ccccc1NC(=O)CC1CCCCC1N. The van der Waals surface area contributed by atoms with Crippen LogP contribution >= 0.6 is 0 Å². The number of nitrogens with two attached hydrogens (primary N) is 1. The van der Waals surface area contributed by atoms with E-state index in [9.17, 15) is 4.79 Å². The lowest BCUT2D eigenvalue weighted by Gasteiger charge is -2.28. The lowest BCUT2D eigenvalue weighted by atomic mass is 9.83. The number of nitrogens with one attached hydrogen (secondary N) is 1. The van der Waals surface area contributed by atoms with Crippen LogP contribution in [0.1, 0.15) is 45.4 Å². The number of rotatable bonds is 6. The maximum absolute atomic E-state index is 12.2. The molecule has 1 saturated carbocycles. The lowest BCUT2D eigenvalue weighted by molar-refractivity contribution is -0.117. The normalized spacial score (nSPS) is 21.8. The van der Waals surface area contributed by atoms with Gasteiger partial charge < -0.3 is 15.8 Å². The molecule has 1 aromatic rings. The predicted octanol–water partition coefficient (Wildman–Crippen LogP) is 3.32. The van der Waals surface area contributed by atoms with Gasteiger partial charge in [-0.15, -0.1) is 0 Å². The highest BCUT2D eigenvalue weighted by molar-refractivity contribution is 5.92. The largest absolute Gasteiger partial charge is 0.491 e. The average Bonchev–Trinajstić information content (AvgIpc) is 2.49. The number of carbonyl (C=O) groups is 1. The molecule has 2 unspecified atom stereocenters. The summed E-state index contributed by atoms with van der Waals surface area (Å²) in [6, 6.07) is 7.75. The Morgan fingerprint density at radius 3 is 2.86 bits per heavy atom. The Labute approximate surface area is 127 Å². The predicted molar refractivity (Wildman–Crippen MR) is 85.4 cm³/mol. The van der Waals surface area contributed by atoms with E-state index in [0.29, 0.717) is 18.9 Å². The van der Waals surface area contributed by atoms with E-state index >= 15 is 0 Å². The number of anilines is 1. The molecular formula is C17H26N2O2. The Morgan fingerprint density at radius 2 is 2.10 bits per heavy atom. The zero-order valence-corrected chi connectivity index (χ0v) is 12.8. The van der Waals surface area contributed by atoms with Gasteiger partial charge in [0.25, 0.3) is 0 Å². The maximum Gasteiger partial charge on any atom is 0.224 e. The van der Waals surface area contributed by atoms with E-state index in [-0.39, 0.29) is 11.9 Å². The van der Waals surface area contributed by atoms with Crippen molar-refractivity contribution >= 4 is 11.6 Å². The van der Waals surface area contributed by atoms with Gasteiger partial charge in [-0.25, -0.2) is 0 Å². The van der Waals surface area contributed by atoms with Gasteiger partial charge in [0, 0.05) is 12.5 Å². The molecule has 0 bridgehead atoms. The summed E-state index contributed by atoms with van der Waals surface area (Å²) in [5.41, 5.74) is 6.86. The zero-order valence-electron chi connectivity index (χ0n) is 12.8. The molecule has 4 heteroatoms. The van der Waals surface area contributed by atoms with Crippen LogP contribution in [0.25, 0.3) is 0 Å². The molecular weight excluding hydrogens is 264 g/mol. The second-order valence-corrected chi connectivity index (χ2v) is 5.81. The van der Waals surface area contributed by atoms with Gasteiger partial charge in [0.2, 0.25) is 5.91 Å². The van der Waals surface area contributed by atoms with Gasteiger partial charge in [-0.1, -0.05) is 31.9 Å². The highest BCUT2D eigenvalue weighted by Gasteiger charge is 2.24. The highest BCUT2D eigenvalue weighted by atomic mass is 16.5. The molecule has 1 aliphatic carbocycles. The monoisotopic (exact) mass is 290 g/mol. The minimum atomic E-state index is 0.0323. The van der Waals surface area contributed by atoms with Crippen LogP contribution in [0.2, 0.25) is 0 Å². The van der Waals surface area contributed by atoms with Gasteiger partial charge in [0.15, 0.2) is 0 Å². The summed E-state index contributed by atoms with van der Waals surface area (Å²) in [6.45, 7) is 2.71. The molecule has 21 heavy (non-hydrogen) atoms. The molecule has 4 nitrogen and oxygen atoms in total. The summed E-state index contributed by atoms with van der Waals surface area (Å²) in [6.07, 6.45) is 5.91. The van der Waals surface area contributed by atoms with E-state index in [1.54, 1.807) is 0 Å². The Morgan fingerprint density at radius 1 is 1.33 bits per heavy atom. The Bertz CT molecular complexity index is 462. The van der Waals surface area contributed by atoms with Crippen molar-refractivity contribution in [2.24, 2.45) is 11.7 Å². The molecule has 1 amide bonds. The molecule has 1 aromatic carbocycles. The molecule has 3 N–H and O–H groups in total. The topological polar surface area (TPSA) is 64.3 Å². The molecule has 116 valence electrons. The number of carbonyl (C=O) groups excluding carboxylic acids is 1. The molecule has 0 saturated heterocycles. The van der Waals surface area contributed by atoms with Crippen LogP contribution in [0.15, 0.2) is 24.3 Å². The Kier molecular flexibility index (Phi) is 6.05. The maximum atomic E-state index is 12.2. The first-order valence-corrected chi connectivity index (χ1v) is 7.98. The zero-order chi connectivity index (χ0) is 15.1. The number of hydrogen-bond donors (Lipinski definition) is 2. The molecule has 0 aromatic heterocycles. The summed E-state index contributed by atoms with van der Waals surface area (Å²) in [4.78, 5) is 12.2. The van der Waals surface area contributed by atoms with E-state index in [2.05, 4.69) is 12.2 Å². The highest BCUT2D eigenvalue weighted by Crippen LogP contribution is 2.28. The van der Waals surface area contributed by atoms with Crippen LogP contribution < -0.4 is 15.8 Å². The molecule has 0 spiro atoms. The molecule has 1 aliphatic rings. The average molecular weight is 290 g/mol. The lowest BCUT2D eigenvalue weighted by Crippen LogP contribution is -2.35. The summed E-state index contributed by atoms with van der Waals surface area (Å²) in [5.74, 6) is 1.08. The third-order valence-corrected chi connectivity index (χ3v) is 4.04. The van der Waals surface area contributed by atoms with Crippen molar-refractivity contribution < 1.29 is 9.53 Å². The Balaban J connectivity index is 1.92. The van der Waals surface area contributed by atoms with E-state index < -0.39 is 0 Å². The summed E-state index contributed by atoms with van der Waals surface area (Å²) in [5, 5.41) is 2.97. The van der Waals surface area contributed by atoms with Gasteiger partial charge in [-0.05, 0) is 37.3 Å². The quantitative estimate of drug-likeness (QED) is 0.844. The van der Waals surface area contributed by atoms with Crippen LogP contribution in [0, 0.1) is 5.92 Å². The molecule has 0 heterocycles. The van der Waals surface area contributed by atoms with E-state index in [1.165, 1.54) is 12.8 Å².